The molecular formula is C19H23NO3. The fourth-order valence-corrected chi connectivity index (χ4v) is 2.29. The predicted octanol–water partition coefficient (Wildman–Crippen LogP) is 4.11. The van der Waals surface area contributed by atoms with Crippen molar-refractivity contribution >= 4 is 11.6 Å². The van der Waals surface area contributed by atoms with Crippen LogP contribution in [0.15, 0.2) is 42.5 Å². The van der Waals surface area contributed by atoms with Crippen LogP contribution in [0.2, 0.25) is 0 Å². The van der Waals surface area contributed by atoms with Crippen LogP contribution >= 0.6 is 0 Å². The van der Waals surface area contributed by atoms with Crippen molar-refractivity contribution in [3.8, 4) is 11.5 Å². The molecule has 1 amide bonds. The van der Waals surface area contributed by atoms with E-state index >= 15 is 0 Å². The van der Waals surface area contributed by atoms with E-state index in [1.165, 1.54) is 18.1 Å². The van der Waals surface area contributed by atoms with E-state index in [9.17, 15) is 4.79 Å². The lowest BCUT2D eigenvalue weighted by Gasteiger charge is -2.10. The molecule has 2 rings (SSSR count). The monoisotopic (exact) mass is 313 g/mol. The van der Waals surface area contributed by atoms with Gasteiger partial charge in [0.1, 0.15) is 11.5 Å². The van der Waals surface area contributed by atoms with Gasteiger partial charge in [-0.05, 0) is 61.4 Å². The number of carbonyl (C=O) groups is 1. The van der Waals surface area contributed by atoms with Crippen molar-refractivity contribution in [2.75, 3.05) is 18.5 Å². The van der Waals surface area contributed by atoms with Crippen molar-refractivity contribution in [1.82, 2.24) is 0 Å². The zero-order valence-corrected chi connectivity index (χ0v) is 13.9. The van der Waals surface area contributed by atoms with Crippen LogP contribution in [-0.4, -0.2) is 19.1 Å². The summed E-state index contributed by atoms with van der Waals surface area (Å²) in [7, 11) is 0. The second-order valence-corrected chi connectivity index (χ2v) is 5.58. The van der Waals surface area contributed by atoms with Gasteiger partial charge in [0.05, 0.1) is 13.2 Å². The van der Waals surface area contributed by atoms with Gasteiger partial charge >= 0.3 is 0 Å². The Hall–Kier alpha value is -2.49. The van der Waals surface area contributed by atoms with Crippen LogP contribution in [0.5, 0.6) is 11.5 Å². The summed E-state index contributed by atoms with van der Waals surface area (Å²) >= 11 is 0. The van der Waals surface area contributed by atoms with Crippen LogP contribution in [0.4, 0.5) is 5.69 Å². The molecule has 4 nitrogen and oxygen atoms in total. The van der Waals surface area contributed by atoms with Gasteiger partial charge in [-0.1, -0.05) is 6.07 Å². The first kappa shape index (κ1) is 16.9. The molecule has 1 N–H and O–H groups in total. The Balaban J connectivity index is 1.70. The quantitative estimate of drug-likeness (QED) is 0.783. The van der Waals surface area contributed by atoms with Gasteiger partial charge in [-0.3, -0.25) is 4.79 Å². The highest BCUT2D eigenvalue weighted by Gasteiger charge is 1.99. The molecule has 0 aromatic heterocycles. The minimum absolute atomic E-state index is 0.0813. The topological polar surface area (TPSA) is 47.6 Å². The molecule has 23 heavy (non-hydrogen) atoms. The van der Waals surface area contributed by atoms with Crippen molar-refractivity contribution in [3.63, 3.8) is 0 Å². The smallest absolute Gasteiger partial charge is 0.221 e. The zero-order chi connectivity index (χ0) is 16.7. The lowest BCUT2D eigenvalue weighted by molar-refractivity contribution is -0.114. The van der Waals surface area contributed by atoms with Gasteiger partial charge in [0.2, 0.25) is 5.91 Å². The second kappa shape index (κ2) is 8.22. The average molecular weight is 313 g/mol. The number of aryl methyl sites for hydroxylation is 2. The van der Waals surface area contributed by atoms with E-state index in [1.807, 2.05) is 36.4 Å². The van der Waals surface area contributed by atoms with Gasteiger partial charge in [0.15, 0.2) is 0 Å². The van der Waals surface area contributed by atoms with E-state index in [0.717, 1.165) is 23.6 Å². The zero-order valence-electron chi connectivity index (χ0n) is 13.9. The molecule has 4 heteroatoms. The standard InChI is InChI=1S/C19H23NO3/c1-14-11-15(2)13-19(12-14)23-10-4-9-22-18-7-5-17(6-8-18)20-16(3)21/h5-8,11-13H,4,9-10H2,1-3H3,(H,20,21). The lowest BCUT2D eigenvalue weighted by atomic mass is 10.1. The van der Waals surface area contributed by atoms with Crippen LogP contribution < -0.4 is 14.8 Å². The van der Waals surface area contributed by atoms with E-state index in [4.69, 9.17) is 9.47 Å². The van der Waals surface area contributed by atoms with E-state index in [2.05, 4.69) is 25.2 Å². The average Bonchev–Trinajstić information content (AvgIpc) is 2.47. The number of benzene rings is 2. The van der Waals surface area contributed by atoms with Crippen molar-refractivity contribution in [1.29, 1.82) is 0 Å². The maximum atomic E-state index is 10.9. The van der Waals surface area contributed by atoms with Gasteiger partial charge in [0.25, 0.3) is 0 Å². The van der Waals surface area contributed by atoms with Gasteiger partial charge in [-0.2, -0.15) is 0 Å². The molecule has 0 spiro atoms. The van der Waals surface area contributed by atoms with Crippen LogP contribution in [0.1, 0.15) is 24.5 Å². The molecule has 2 aromatic carbocycles. The Bertz CT molecular complexity index is 630. The third-order valence-corrected chi connectivity index (χ3v) is 3.20. The van der Waals surface area contributed by atoms with Gasteiger partial charge in [-0.25, -0.2) is 0 Å². The number of anilines is 1. The first-order valence-electron chi connectivity index (χ1n) is 7.74. The number of carbonyl (C=O) groups excluding carboxylic acids is 1. The van der Waals surface area contributed by atoms with Crippen molar-refractivity contribution in [2.24, 2.45) is 0 Å². The molecule has 0 fully saturated rings. The molecule has 0 bridgehead atoms. The summed E-state index contributed by atoms with van der Waals surface area (Å²) in [5.41, 5.74) is 3.18. The minimum atomic E-state index is -0.0813. The first-order chi connectivity index (χ1) is 11.0. The van der Waals surface area contributed by atoms with E-state index in [-0.39, 0.29) is 5.91 Å². The maximum Gasteiger partial charge on any atom is 0.221 e. The largest absolute Gasteiger partial charge is 0.493 e. The summed E-state index contributed by atoms with van der Waals surface area (Å²) < 4.78 is 11.4. The summed E-state index contributed by atoms with van der Waals surface area (Å²) in [6.07, 6.45) is 0.806. The summed E-state index contributed by atoms with van der Waals surface area (Å²) in [5.74, 6) is 1.61. The number of hydrogen-bond donors (Lipinski definition) is 1. The fourth-order valence-electron chi connectivity index (χ4n) is 2.29. The normalized spacial score (nSPS) is 10.2. The number of ether oxygens (including phenoxy) is 2. The highest BCUT2D eigenvalue weighted by atomic mass is 16.5. The molecule has 122 valence electrons. The van der Waals surface area contributed by atoms with Crippen LogP contribution in [0.25, 0.3) is 0 Å². The number of rotatable bonds is 7. The molecule has 0 aliphatic rings. The van der Waals surface area contributed by atoms with E-state index in [1.54, 1.807) is 0 Å². The summed E-state index contributed by atoms with van der Waals surface area (Å²) in [6, 6.07) is 13.5. The summed E-state index contributed by atoms with van der Waals surface area (Å²) in [5, 5.41) is 2.72. The highest BCUT2D eigenvalue weighted by molar-refractivity contribution is 5.88. The van der Waals surface area contributed by atoms with Crippen molar-refractivity contribution in [2.45, 2.75) is 27.2 Å². The molecule has 0 heterocycles. The summed E-state index contributed by atoms with van der Waals surface area (Å²) in [4.78, 5) is 10.9. The second-order valence-electron chi connectivity index (χ2n) is 5.58. The molecule has 0 radical (unpaired) electrons. The predicted molar refractivity (Wildman–Crippen MR) is 92.3 cm³/mol. The SMILES string of the molecule is CC(=O)Nc1ccc(OCCCOc2cc(C)cc(C)c2)cc1. The third kappa shape index (κ3) is 6.02. The first-order valence-corrected chi connectivity index (χ1v) is 7.74. The molecule has 0 atom stereocenters. The molecule has 0 unspecified atom stereocenters. The Morgan fingerprint density at radius 1 is 0.913 bits per heavy atom. The minimum Gasteiger partial charge on any atom is -0.493 e. The van der Waals surface area contributed by atoms with Crippen molar-refractivity contribution in [3.05, 3.63) is 53.6 Å². The van der Waals surface area contributed by atoms with Crippen LogP contribution in [0, 0.1) is 13.8 Å². The van der Waals surface area contributed by atoms with Crippen LogP contribution in [-0.2, 0) is 4.79 Å². The van der Waals surface area contributed by atoms with E-state index < -0.39 is 0 Å². The van der Waals surface area contributed by atoms with Gasteiger partial charge in [0, 0.05) is 19.0 Å². The van der Waals surface area contributed by atoms with Crippen molar-refractivity contribution < 1.29 is 14.3 Å². The molecule has 0 saturated carbocycles. The Morgan fingerprint density at radius 2 is 1.48 bits per heavy atom. The number of amides is 1. The van der Waals surface area contributed by atoms with Gasteiger partial charge in [-0.15, -0.1) is 0 Å². The highest BCUT2D eigenvalue weighted by Crippen LogP contribution is 2.17. The fraction of sp³-hybridized carbons (Fsp3) is 0.316. The molecular weight excluding hydrogens is 290 g/mol. The Kier molecular flexibility index (Phi) is 6.03. The summed E-state index contributed by atoms with van der Waals surface area (Å²) in [6.45, 7) is 6.82. The molecule has 0 aliphatic heterocycles. The van der Waals surface area contributed by atoms with Crippen LogP contribution in [0.3, 0.4) is 0 Å². The Morgan fingerprint density at radius 3 is 2.04 bits per heavy atom. The number of nitrogens with one attached hydrogen (secondary N) is 1. The molecule has 2 aromatic rings. The van der Waals surface area contributed by atoms with E-state index in [0.29, 0.717) is 13.2 Å². The molecule has 0 saturated heterocycles. The third-order valence-electron chi connectivity index (χ3n) is 3.20. The Labute approximate surface area is 137 Å². The van der Waals surface area contributed by atoms with Gasteiger partial charge < -0.3 is 14.8 Å². The number of hydrogen-bond acceptors (Lipinski definition) is 3. The lowest BCUT2D eigenvalue weighted by Crippen LogP contribution is -2.06. The maximum absolute atomic E-state index is 10.9. The molecule has 0 aliphatic carbocycles.